The van der Waals surface area contributed by atoms with Crippen molar-refractivity contribution in [2.75, 3.05) is 0 Å². The Morgan fingerprint density at radius 2 is 1.85 bits per heavy atom. The number of hydrogen-bond acceptors (Lipinski definition) is 1. The largest absolute Gasteiger partial charge is 0.393 e. The van der Waals surface area contributed by atoms with E-state index in [0.717, 1.165) is 5.56 Å². The number of aliphatic hydroxyl groups excluding tert-OH is 1. The van der Waals surface area contributed by atoms with Gasteiger partial charge in [0, 0.05) is 0 Å². The summed E-state index contributed by atoms with van der Waals surface area (Å²) in [5.74, 6) is 0. The molecule has 1 atom stereocenters. The Bertz CT molecular complexity index is 310. The summed E-state index contributed by atoms with van der Waals surface area (Å²) in [6, 6.07) is 3.44. The third-order valence-corrected chi connectivity index (χ3v) is 2.96. The zero-order valence-electron chi connectivity index (χ0n) is 7.02. The Balaban J connectivity index is 3.04. The predicted molar refractivity (Wildman–Crippen MR) is 56.9 cm³/mol. The van der Waals surface area contributed by atoms with Gasteiger partial charge in [0.2, 0.25) is 0 Å². The smallest absolute Gasteiger partial charge is 0.0781 e. The molecule has 0 aliphatic rings. The first kappa shape index (κ1) is 11.1. The van der Waals surface area contributed by atoms with Crippen LogP contribution in [-0.4, -0.2) is 11.2 Å². The van der Waals surface area contributed by atoms with Crippen molar-refractivity contribution in [1.29, 1.82) is 0 Å². The minimum absolute atomic E-state index is 0.349. The van der Waals surface area contributed by atoms with Crippen molar-refractivity contribution in [2.45, 2.75) is 19.4 Å². The van der Waals surface area contributed by atoms with Crippen LogP contribution in [0.4, 0.5) is 0 Å². The van der Waals surface area contributed by atoms with E-state index in [1.807, 2.05) is 0 Å². The fourth-order valence-electron chi connectivity index (χ4n) is 1.04. The van der Waals surface area contributed by atoms with Crippen LogP contribution in [0.2, 0.25) is 15.1 Å². The van der Waals surface area contributed by atoms with Gasteiger partial charge in [0.15, 0.2) is 0 Å². The molecule has 0 fully saturated rings. The van der Waals surface area contributed by atoms with Gasteiger partial charge in [0.1, 0.15) is 0 Å². The molecule has 72 valence electrons. The van der Waals surface area contributed by atoms with Crippen LogP contribution in [0.25, 0.3) is 0 Å². The Labute approximate surface area is 92.2 Å². The van der Waals surface area contributed by atoms with E-state index in [-0.39, 0.29) is 0 Å². The summed E-state index contributed by atoms with van der Waals surface area (Å²) in [6.07, 6.45) is 0.0464. The maximum absolute atomic E-state index is 9.16. The molecule has 0 aliphatic carbocycles. The standard InChI is InChI=1S/C9H9Cl3O/c1-5(13)4-6-2-3-7(10)9(12)8(6)11/h2-3,5,13H,4H2,1H3. The summed E-state index contributed by atoms with van der Waals surface area (Å²) in [7, 11) is 0. The first-order chi connectivity index (χ1) is 6.02. The molecule has 1 rings (SSSR count). The lowest BCUT2D eigenvalue weighted by atomic mass is 10.1. The van der Waals surface area contributed by atoms with Gasteiger partial charge in [-0.15, -0.1) is 0 Å². The van der Waals surface area contributed by atoms with Gasteiger partial charge in [0.25, 0.3) is 0 Å². The molecule has 1 nitrogen and oxygen atoms in total. The molecule has 0 spiro atoms. The third-order valence-electron chi connectivity index (χ3n) is 1.63. The molecule has 0 heterocycles. The van der Waals surface area contributed by atoms with Gasteiger partial charge in [-0.1, -0.05) is 40.9 Å². The summed E-state index contributed by atoms with van der Waals surface area (Å²) < 4.78 is 0. The van der Waals surface area contributed by atoms with E-state index < -0.39 is 6.10 Å². The van der Waals surface area contributed by atoms with Crippen LogP contribution in [-0.2, 0) is 6.42 Å². The average Bonchev–Trinajstić information content (AvgIpc) is 2.06. The topological polar surface area (TPSA) is 20.2 Å². The molecule has 0 saturated heterocycles. The van der Waals surface area contributed by atoms with Crippen molar-refractivity contribution in [3.63, 3.8) is 0 Å². The summed E-state index contributed by atoms with van der Waals surface area (Å²) in [5.41, 5.74) is 0.811. The zero-order chi connectivity index (χ0) is 10.0. The predicted octanol–water partition coefficient (Wildman–Crippen LogP) is 3.57. The molecule has 0 radical (unpaired) electrons. The maximum Gasteiger partial charge on any atom is 0.0781 e. The van der Waals surface area contributed by atoms with Crippen molar-refractivity contribution < 1.29 is 5.11 Å². The number of rotatable bonds is 2. The van der Waals surface area contributed by atoms with E-state index >= 15 is 0 Å². The summed E-state index contributed by atoms with van der Waals surface area (Å²) >= 11 is 17.5. The highest BCUT2D eigenvalue weighted by atomic mass is 35.5. The minimum Gasteiger partial charge on any atom is -0.393 e. The molecule has 0 aliphatic heterocycles. The van der Waals surface area contributed by atoms with Gasteiger partial charge in [-0.05, 0) is 25.0 Å². The zero-order valence-corrected chi connectivity index (χ0v) is 9.29. The number of hydrogen-bond donors (Lipinski definition) is 1. The van der Waals surface area contributed by atoms with Gasteiger partial charge in [-0.3, -0.25) is 0 Å². The van der Waals surface area contributed by atoms with Gasteiger partial charge in [-0.25, -0.2) is 0 Å². The third kappa shape index (κ3) is 2.75. The van der Waals surface area contributed by atoms with Crippen LogP contribution in [0.5, 0.6) is 0 Å². The molecule has 4 heteroatoms. The maximum atomic E-state index is 9.16. The van der Waals surface area contributed by atoms with Crippen LogP contribution in [0.1, 0.15) is 12.5 Å². The first-order valence-corrected chi connectivity index (χ1v) is 4.96. The van der Waals surface area contributed by atoms with E-state index in [0.29, 0.717) is 21.5 Å². The lowest BCUT2D eigenvalue weighted by molar-refractivity contribution is 0.195. The molecule has 0 bridgehead atoms. The van der Waals surface area contributed by atoms with E-state index in [9.17, 15) is 0 Å². The monoisotopic (exact) mass is 238 g/mol. The molecule has 0 saturated carbocycles. The SMILES string of the molecule is CC(O)Cc1ccc(Cl)c(Cl)c1Cl. The second kappa shape index (κ2) is 4.52. The number of aliphatic hydroxyl groups is 1. The molecular weight excluding hydrogens is 230 g/mol. The van der Waals surface area contributed by atoms with Crippen LogP contribution < -0.4 is 0 Å². The van der Waals surface area contributed by atoms with Crippen LogP contribution in [0.3, 0.4) is 0 Å². The molecule has 0 amide bonds. The van der Waals surface area contributed by atoms with Crippen molar-refractivity contribution in [2.24, 2.45) is 0 Å². The van der Waals surface area contributed by atoms with E-state index in [1.165, 1.54) is 0 Å². The first-order valence-electron chi connectivity index (χ1n) is 3.82. The highest BCUT2D eigenvalue weighted by Crippen LogP contribution is 2.33. The lowest BCUT2D eigenvalue weighted by Crippen LogP contribution is -2.04. The van der Waals surface area contributed by atoms with Crippen molar-refractivity contribution in [1.82, 2.24) is 0 Å². The summed E-state index contributed by atoms with van der Waals surface area (Å²) in [5, 5.41) is 10.4. The lowest BCUT2D eigenvalue weighted by Gasteiger charge is -2.08. The molecule has 1 aromatic rings. The number of benzene rings is 1. The van der Waals surface area contributed by atoms with Gasteiger partial charge in [0.05, 0.1) is 21.2 Å². The molecular formula is C9H9Cl3O. The minimum atomic E-state index is -0.435. The van der Waals surface area contributed by atoms with Crippen molar-refractivity contribution >= 4 is 34.8 Å². The summed E-state index contributed by atoms with van der Waals surface area (Å²) in [6.45, 7) is 1.69. The van der Waals surface area contributed by atoms with E-state index in [2.05, 4.69) is 0 Å². The second-order valence-corrected chi connectivity index (χ2v) is 4.05. The Morgan fingerprint density at radius 3 is 2.38 bits per heavy atom. The highest BCUT2D eigenvalue weighted by molar-refractivity contribution is 6.48. The van der Waals surface area contributed by atoms with Gasteiger partial charge < -0.3 is 5.11 Å². The molecule has 1 unspecified atom stereocenters. The fraction of sp³-hybridized carbons (Fsp3) is 0.333. The van der Waals surface area contributed by atoms with Crippen molar-refractivity contribution in [3.05, 3.63) is 32.8 Å². The van der Waals surface area contributed by atoms with Gasteiger partial charge >= 0.3 is 0 Å². The van der Waals surface area contributed by atoms with Crippen LogP contribution in [0, 0.1) is 0 Å². The quantitative estimate of drug-likeness (QED) is 0.782. The van der Waals surface area contributed by atoms with Gasteiger partial charge in [-0.2, -0.15) is 0 Å². The molecule has 0 aromatic heterocycles. The molecule has 13 heavy (non-hydrogen) atoms. The highest BCUT2D eigenvalue weighted by Gasteiger charge is 2.09. The average molecular weight is 240 g/mol. The Hall–Kier alpha value is 0.0500. The fourth-order valence-corrected chi connectivity index (χ4v) is 1.67. The Kier molecular flexibility index (Phi) is 3.87. The van der Waals surface area contributed by atoms with Crippen LogP contribution in [0.15, 0.2) is 12.1 Å². The van der Waals surface area contributed by atoms with E-state index in [4.69, 9.17) is 39.9 Å². The molecule has 1 N–H and O–H groups in total. The Morgan fingerprint density at radius 1 is 1.23 bits per heavy atom. The number of halogens is 3. The second-order valence-electron chi connectivity index (χ2n) is 2.89. The van der Waals surface area contributed by atoms with E-state index in [1.54, 1.807) is 19.1 Å². The van der Waals surface area contributed by atoms with Crippen molar-refractivity contribution in [3.8, 4) is 0 Å². The molecule has 1 aromatic carbocycles. The van der Waals surface area contributed by atoms with Crippen LogP contribution >= 0.6 is 34.8 Å². The normalized spacial score (nSPS) is 13.0. The summed E-state index contributed by atoms with van der Waals surface area (Å²) in [4.78, 5) is 0.